The summed E-state index contributed by atoms with van der Waals surface area (Å²) in [6.45, 7) is -0.292. The lowest BCUT2D eigenvalue weighted by Crippen LogP contribution is -2.20. The molecule has 1 aromatic rings. The number of anilines is 2. The summed E-state index contributed by atoms with van der Waals surface area (Å²) in [4.78, 5) is 11.4. The highest BCUT2D eigenvalue weighted by atomic mass is 16.3. The molecule has 1 rings (SSSR count). The topological polar surface area (TPSA) is 136 Å². The number of hydrogen-bond donors (Lipinski definition) is 5. The number of hydrogen-bond acceptors (Lipinski definition) is 5. The second-order valence-corrected chi connectivity index (χ2v) is 3.70. The van der Waals surface area contributed by atoms with Crippen LogP contribution in [0.3, 0.4) is 0 Å². The smallest absolute Gasteiger partial charge is 0.249 e. The first kappa shape index (κ1) is 13.3. The standard InChI is InChI=1S/C11H17N3O3/c12-8-5-9(13)7(2-4-16)10(11(14)17)6(8)1-3-15/h5,15-16H,1-4,12-13H2,(H2,14,17). The molecule has 6 nitrogen and oxygen atoms in total. The first-order chi connectivity index (χ1) is 8.02. The summed E-state index contributed by atoms with van der Waals surface area (Å²) in [7, 11) is 0. The minimum atomic E-state index is -0.657. The van der Waals surface area contributed by atoms with Crippen LogP contribution in [0.4, 0.5) is 11.4 Å². The van der Waals surface area contributed by atoms with Crippen molar-refractivity contribution in [1.82, 2.24) is 0 Å². The third-order valence-electron chi connectivity index (χ3n) is 2.58. The number of carbonyl (C=O) groups excluding carboxylic acids is 1. The van der Waals surface area contributed by atoms with E-state index in [1.54, 1.807) is 0 Å². The molecule has 94 valence electrons. The summed E-state index contributed by atoms with van der Waals surface area (Å²) in [5.74, 6) is -0.657. The number of benzene rings is 1. The minimum absolute atomic E-state index is 0.146. The van der Waals surface area contributed by atoms with E-state index in [-0.39, 0.29) is 31.6 Å². The monoisotopic (exact) mass is 239 g/mol. The van der Waals surface area contributed by atoms with Crippen LogP contribution in [0.15, 0.2) is 6.07 Å². The van der Waals surface area contributed by atoms with Crippen molar-refractivity contribution in [2.75, 3.05) is 24.7 Å². The summed E-state index contributed by atoms with van der Waals surface area (Å²) in [6.07, 6.45) is 0.450. The largest absolute Gasteiger partial charge is 0.398 e. The number of aliphatic hydroxyl groups excluding tert-OH is 2. The first-order valence-electron chi connectivity index (χ1n) is 5.24. The van der Waals surface area contributed by atoms with Crippen LogP contribution in [0, 0.1) is 0 Å². The quantitative estimate of drug-likeness (QED) is 0.421. The van der Waals surface area contributed by atoms with Crippen LogP contribution < -0.4 is 17.2 Å². The SMILES string of the molecule is NC(=O)c1c(CCO)c(N)cc(N)c1CCO. The van der Waals surface area contributed by atoms with E-state index in [0.29, 0.717) is 22.5 Å². The Morgan fingerprint density at radius 1 is 1.06 bits per heavy atom. The second kappa shape index (κ2) is 5.51. The zero-order chi connectivity index (χ0) is 13.0. The van der Waals surface area contributed by atoms with Crippen LogP contribution in [-0.4, -0.2) is 29.3 Å². The fourth-order valence-corrected chi connectivity index (χ4v) is 1.87. The van der Waals surface area contributed by atoms with Crippen LogP contribution in [0.1, 0.15) is 21.5 Å². The molecule has 0 aromatic heterocycles. The summed E-state index contributed by atoms with van der Waals surface area (Å²) >= 11 is 0. The van der Waals surface area contributed by atoms with Gasteiger partial charge in [-0.3, -0.25) is 4.79 Å². The minimum Gasteiger partial charge on any atom is -0.398 e. The van der Waals surface area contributed by atoms with Gasteiger partial charge in [0.1, 0.15) is 0 Å². The molecule has 8 N–H and O–H groups in total. The fraction of sp³-hybridized carbons (Fsp3) is 0.364. The molecule has 0 saturated carbocycles. The number of carbonyl (C=O) groups is 1. The van der Waals surface area contributed by atoms with E-state index in [9.17, 15) is 4.79 Å². The van der Waals surface area contributed by atoms with Crippen LogP contribution >= 0.6 is 0 Å². The normalized spacial score (nSPS) is 10.5. The number of primary amides is 1. The van der Waals surface area contributed by atoms with Crippen LogP contribution in [0.2, 0.25) is 0 Å². The third kappa shape index (κ3) is 2.66. The Kier molecular flexibility index (Phi) is 4.30. The molecule has 0 aliphatic carbocycles. The fourth-order valence-electron chi connectivity index (χ4n) is 1.87. The van der Waals surface area contributed by atoms with Gasteiger partial charge >= 0.3 is 0 Å². The van der Waals surface area contributed by atoms with Gasteiger partial charge in [0.25, 0.3) is 0 Å². The molecule has 0 spiro atoms. The van der Waals surface area contributed by atoms with E-state index < -0.39 is 5.91 Å². The van der Waals surface area contributed by atoms with Gasteiger partial charge in [-0.25, -0.2) is 0 Å². The second-order valence-electron chi connectivity index (χ2n) is 3.70. The molecule has 1 aromatic carbocycles. The highest BCUT2D eigenvalue weighted by Crippen LogP contribution is 2.27. The Hall–Kier alpha value is -1.79. The average molecular weight is 239 g/mol. The Morgan fingerprint density at radius 3 is 1.76 bits per heavy atom. The molecule has 0 heterocycles. The number of nitrogens with two attached hydrogens (primary N) is 3. The molecule has 1 amide bonds. The van der Waals surface area contributed by atoms with Gasteiger partial charge in [0.05, 0.1) is 0 Å². The number of aliphatic hydroxyl groups is 2. The van der Waals surface area contributed by atoms with E-state index in [0.717, 1.165) is 0 Å². The van der Waals surface area contributed by atoms with Crippen molar-refractivity contribution in [3.63, 3.8) is 0 Å². The van der Waals surface area contributed by atoms with Gasteiger partial charge in [-0.2, -0.15) is 0 Å². The van der Waals surface area contributed by atoms with Gasteiger partial charge in [-0.05, 0) is 30.0 Å². The molecule has 0 fully saturated rings. The van der Waals surface area contributed by atoms with Crippen LogP contribution in [0.25, 0.3) is 0 Å². The maximum Gasteiger partial charge on any atom is 0.249 e. The summed E-state index contributed by atoms with van der Waals surface area (Å²) < 4.78 is 0. The molecule has 0 bridgehead atoms. The van der Waals surface area contributed by atoms with Gasteiger partial charge in [0.15, 0.2) is 0 Å². The number of nitrogen functional groups attached to an aromatic ring is 2. The van der Waals surface area contributed by atoms with Crippen molar-refractivity contribution in [2.45, 2.75) is 12.8 Å². The van der Waals surface area contributed by atoms with Crippen LogP contribution in [-0.2, 0) is 12.8 Å². The van der Waals surface area contributed by atoms with Gasteiger partial charge in [0.2, 0.25) is 5.91 Å². The molecule has 0 atom stereocenters. The molecule has 17 heavy (non-hydrogen) atoms. The van der Waals surface area contributed by atoms with Crippen LogP contribution in [0.5, 0.6) is 0 Å². The lowest BCUT2D eigenvalue weighted by atomic mass is 9.93. The molecular formula is C11H17N3O3. The van der Waals surface area contributed by atoms with E-state index >= 15 is 0 Å². The van der Waals surface area contributed by atoms with Crippen molar-refractivity contribution >= 4 is 17.3 Å². The molecule has 0 aliphatic rings. The van der Waals surface area contributed by atoms with Gasteiger partial charge in [-0.1, -0.05) is 0 Å². The van der Waals surface area contributed by atoms with E-state index in [4.69, 9.17) is 27.4 Å². The summed E-state index contributed by atoms with van der Waals surface area (Å²) in [5, 5.41) is 17.9. The zero-order valence-corrected chi connectivity index (χ0v) is 9.44. The van der Waals surface area contributed by atoms with Crippen molar-refractivity contribution in [2.24, 2.45) is 5.73 Å². The Morgan fingerprint density at radius 2 is 1.47 bits per heavy atom. The zero-order valence-electron chi connectivity index (χ0n) is 9.44. The predicted molar refractivity (Wildman–Crippen MR) is 65.4 cm³/mol. The lowest BCUT2D eigenvalue weighted by Gasteiger charge is -2.16. The number of amides is 1. The van der Waals surface area contributed by atoms with Crippen molar-refractivity contribution in [3.05, 3.63) is 22.8 Å². The van der Waals surface area contributed by atoms with E-state index in [1.165, 1.54) is 6.07 Å². The molecule has 0 radical (unpaired) electrons. The predicted octanol–water partition coefficient (Wildman–Crippen LogP) is -0.980. The van der Waals surface area contributed by atoms with Gasteiger partial charge < -0.3 is 27.4 Å². The Balaban J connectivity index is 3.47. The summed E-state index contributed by atoms with van der Waals surface area (Å²) in [6, 6.07) is 1.52. The lowest BCUT2D eigenvalue weighted by molar-refractivity contribution is 0.0998. The maximum absolute atomic E-state index is 11.4. The van der Waals surface area contributed by atoms with Crippen molar-refractivity contribution in [1.29, 1.82) is 0 Å². The number of rotatable bonds is 5. The van der Waals surface area contributed by atoms with Gasteiger partial charge in [0, 0.05) is 30.2 Å². The molecule has 0 unspecified atom stereocenters. The highest BCUT2D eigenvalue weighted by Gasteiger charge is 2.18. The molecule has 0 saturated heterocycles. The highest BCUT2D eigenvalue weighted by molar-refractivity contribution is 5.99. The van der Waals surface area contributed by atoms with E-state index in [1.807, 2.05) is 0 Å². The van der Waals surface area contributed by atoms with Crippen molar-refractivity contribution < 1.29 is 15.0 Å². The average Bonchev–Trinajstić information content (AvgIpc) is 2.25. The maximum atomic E-state index is 11.4. The first-order valence-corrected chi connectivity index (χ1v) is 5.24. The Labute approximate surface area is 99.0 Å². The third-order valence-corrected chi connectivity index (χ3v) is 2.58. The summed E-state index contributed by atoms with van der Waals surface area (Å²) in [5.41, 5.74) is 18.6. The van der Waals surface area contributed by atoms with Crippen molar-refractivity contribution in [3.8, 4) is 0 Å². The molecular weight excluding hydrogens is 222 g/mol. The van der Waals surface area contributed by atoms with E-state index in [2.05, 4.69) is 0 Å². The van der Waals surface area contributed by atoms with Gasteiger partial charge in [-0.15, -0.1) is 0 Å². The molecule has 6 heteroatoms. The Bertz CT molecular complexity index is 402. The molecule has 0 aliphatic heterocycles.